The molecule has 188 valence electrons. The molecule has 0 N–H and O–H groups in total. The summed E-state index contributed by atoms with van der Waals surface area (Å²) >= 11 is 12.3. The van der Waals surface area contributed by atoms with Crippen LogP contribution in [0.15, 0.2) is 72.8 Å². The summed E-state index contributed by atoms with van der Waals surface area (Å²) in [5.74, 6) is -0.00970. The van der Waals surface area contributed by atoms with Crippen molar-refractivity contribution in [1.82, 2.24) is 0 Å². The standard InChI is InChI=1S/C27H23Cl2F3N2O2/c1-17-13-14-26(16-17)24(18-3-2-4-23(15-18)36-27(30,31)32)33(21-9-5-19(28)6-10-21)25(35)34(26)22-11-7-20(29)8-12-22/h2-12,15,17,24H,13-14,16H2,1H3/t17-,24-,26?/m0/s1. The minimum absolute atomic E-state index is 0.263. The number of alkyl halides is 3. The first-order valence-corrected chi connectivity index (χ1v) is 12.3. The monoisotopic (exact) mass is 534 g/mol. The average Bonchev–Trinajstić information content (AvgIpc) is 3.31. The molecule has 5 rings (SSSR count). The molecule has 0 radical (unpaired) electrons. The molecule has 2 amide bonds. The van der Waals surface area contributed by atoms with Crippen LogP contribution in [0.3, 0.4) is 0 Å². The highest BCUT2D eigenvalue weighted by Crippen LogP contribution is 2.56. The molecule has 1 unspecified atom stereocenters. The van der Waals surface area contributed by atoms with Gasteiger partial charge in [-0.25, -0.2) is 4.79 Å². The van der Waals surface area contributed by atoms with Crippen molar-refractivity contribution < 1.29 is 22.7 Å². The number of hydrogen-bond acceptors (Lipinski definition) is 2. The molecule has 4 nitrogen and oxygen atoms in total. The number of rotatable bonds is 4. The number of nitrogens with zero attached hydrogens (tertiary/aromatic N) is 2. The first-order chi connectivity index (χ1) is 17.1. The number of carbonyl (C=O) groups is 1. The number of ether oxygens (including phenoxy) is 1. The van der Waals surface area contributed by atoms with Gasteiger partial charge in [0.15, 0.2) is 0 Å². The van der Waals surface area contributed by atoms with Gasteiger partial charge in [0.25, 0.3) is 0 Å². The van der Waals surface area contributed by atoms with Crippen molar-refractivity contribution in [1.29, 1.82) is 0 Å². The lowest BCUT2D eigenvalue weighted by atomic mass is 9.82. The van der Waals surface area contributed by atoms with Gasteiger partial charge in [-0.3, -0.25) is 9.80 Å². The lowest BCUT2D eigenvalue weighted by Gasteiger charge is -2.39. The lowest BCUT2D eigenvalue weighted by Crippen LogP contribution is -2.46. The molecule has 3 aromatic rings. The molecule has 1 aliphatic carbocycles. The molecule has 0 bridgehead atoms. The molecule has 1 saturated heterocycles. The Kier molecular flexibility index (Phi) is 6.33. The van der Waals surface area contributed by atoms with Gasteiger partial charge in [-0.05, 0) is 91.4 Å². The van der Waals surface area contributed by atoms with E-state index in [0.29, 0.717) is 45.7 Å². The zero-order valence-electron chi connectivity index (χ0n) is 19.3. The Bertz CT molecular complexity index is 1270. The first kappa shape index (κ1) is 24.8. The number of halogens is 5. The normalized spacial score (nSPS) is 24.1. The van der Waals surface area contributed by atoms with Crippen LogP contribution in [0.1, 0.15) is 37.8 Å². The fourth-order valence-electron chi connectivity index (χ4n) is 5.69. The van der Waals surface area contributed by atoms with E-state index in [9.17, 15) is 18.0 Å². The van der Waals surface area contributed by atoms with Gasteiger partial charge >= 0.3 is 12.4 Å². The van der Waals surface area contributed by atoms with Gasteiger partial charge in [0.2, 0.25) is 0 Å². The molecule has 2 fully saturated rings. The van der Waals surface area contributed by atoms with Gasteiger partial charge in [0, 0.05) is 21.4 Å². The number of benzene rings is 3. The van der Waals surface area contributed by atoms with E-state index in [4.69, 9.17) is 23.2 Å². The zero-order chi connectivity index (χ0) is 25.7. The van der Waals surface area contributed by atoms with Crippen molar-refractivity contribution in [2.75, 3.05) is 9.80 Å². The highest BCUT2D eigenvalue weighted by molar-refractivity contribution is 6.31. The number of amides is 2. The molecule has 3 atom stereocenters. The Labute approximate surface area is 217 Å². The molecule has 36 heavy (non-hydrogen) atoms. The van der Waals surface area contributed by atoms with Crippen LogP contribution in [0.25, 0.3) is 0 Å². The summed E-state index contributed by atoms with van der Waals surface area (Å²) in [4.78, 5) is 17.7. The summed E-state index contributed by atoms with van der Waals surface area (Å²) in [7, 11) is 0. The van der Waals surface area contributed by atoms with Crippen LogP contribution in [-0.2, 0) is 0 Å². The molecule has 1 spiro atoms. The number of urea groups is 1. The Hall–Kier alpha value is -2.90. The van der Waals surface area contributed by atoms with E-state index in [-0.39, 0.29) is 11.8 Å². The van der Waals surface area contributed by atoms with E-state index in [1.54, 1.807) is 64.4 Å². The molecule has 9 heteroatoms. The fourth-order valence-corrected chi connectivity index (χ4v) is 5.94. The van der Waals surface area contributed by atoms with Crippen molar-refractivity contribution in [3.05, 3.63) is 88.4 Å². The van der Waals surface area contributed by atoms with Gasteiger partial charge in [-0.1, -0.05) is 42.3 Å². The predicted octanol–water partition coefficient (Wildman–Crippen LogP) is 8.64. The Morgan fingerprint density at radius 2 is 1.56 bits per heavy atom. The summed E-state index contributed by atoms with van der Waals surface area (Å²) in [5.41, 5.74) is 1.15. The minimum atomic E-state index is -4.82. The molecule has 1 saturated carbocycles. The van der Waals surface area contributed by atoms with Crippen LogP contribution in [-0.4, -0.2) is 17.9 Å². The van der Waals surface area contributed by atoms with Gasteiger partial charge in [-0.15, -0.1) is 13.2 Å². The molecule has 1 aliphatic heterocycles. The molecule has 3 aromatic carbocycles. The van der Waals surface area contributed by atoms with Crippen LogP contribution in [0, 0.1) is 5.92 Å². The third kappa shape index (κ3) is 4.50. The van der Waals surface area contributed by atoms with Crippen LogP contribution in [0.4, 0.5) is 29.3 Å². The van der Waals surface area contributed by atoms with Crippen molar-refractivity contribution >= 4 is 40.6 Å². The Balaban J connectivity index is 1.71. The predicted molar refractivity (Wildman–Crippen MR) is 135 cm³/mol. The number of anilines is 2. The van der Waals surface area contributed by atoms with E-state index in [1.807, 2.05) is 0 Å². The summed E-state index contributed by atoms with van der Waals surface area (Å²) in [6, 6.07) is 19.0. The second-order valence-corrected chi connectivity index (χ2v) is 10.3. The van der Waals surface area contributed by atoms with E-state index in [0.717, 1.165) is 6.42 Å². The van der Waals surface area contributed by atoms with Crippen molar-refractivity contribution in [2.45, 2.75) is 44.1 Å². The maximum absolute atomic E-state index is 14.2. The molecule has 2 aliphatic rings. The molecular weight excluding hydrogens is 512 g/mol. The van der Waals surface area contributed by atoms with E-state index in [2.05, 4.69) is 11.7 Å². The van der Waals surface area contributed by atoms with Gasteiger partial charge < -0.3 is 4.74 Å². The third-order valence-electron chi connectivity index (χ3n) is 6.98. The first-order valence-electron chi connectivity index (χ1n) is 11.6. The van der Waals surface area contributed by atoms with Crippen LogP contribution >= 0.6 is 23.2 Å². The lowest BCUT2D eigenvalue weighted by molar-refractivity contribution is -0.274. The quantitative estimate of drug-likeness (QED) is 0.335. The summed E-state index contributed by atoms with van der Waals surface area (Å²) < 4.78 is 43.3. The Morgan fingerprint density at radius 3 is 2.11 bits per heavy atom. The van der Waals surface area contributed by atoms with E-state index >= 15 is 0 Å². The van der Waals surface area contributed by atoms with E-state index < -0.39 is 17.9 Å². The van der Waals surface area contributed by atoms with Crippen LogP contribution in [0.2, 0.25) is 10.0 Å². The average molecular weight is 535 g/mol. The summed E-state index contributed by atoms with van der Waals surface area (Å²) in [6.45, 7) is 2.13. The molecule has 0 aromatic heterocycles. The topological polar surface area (TPSA) is 32.8 Å². The number of hydrogen-bond donors (Lipinski definition) is 0. The fraction of sp³-hybridized carbons (Fsp3) is 0.296. The maximum Gasteiger partial charge on any atom is 0.573 e. The van der Waals surface area contributed by atoms with E-state index in [1.165, 1.54) is 18.2 Å². The third-order valence-corrected chi connectivity index (χ3v) is 7.48. The van der Waals surface area contributed by atoms with Gasteiger partial charge in [-0.2, -0.15) is 0 Å². The van der Waals surface area contributed by atoms with Gasteiger partial charge in [0.05, 0.1) is 11.6 Å². The smallest absolute Gasteiger partial charge is 0.406 e. The zero-order valence-corrected chi connectivity index (χ0v) is 20.8. The maximum atomic E-state index is 14.2. The number of carbonyl (C=O) groups excluding carboxylic acids is 1. The van der Waals surface area contributed by atoms with Crippen LogP contribution < -0.4 is 14.5 Å². The van der Waals surface area contributed by atoms with Crippen molar-refractivity contribution in [3.8, 4) is 5.75 Å². The highest BCUT2D eigenvalue weighted by Gasteiger charge is 2.60. The second-order valence-electron chi connectivity index (χ2n) is 9.42. The molecular formula is C27H23Cl2F3N2O2. The minimum Gasteiger partial charge on any atom is -0.406 e. The highest BCUT2D eigenvalue weighted by atomic mass is 35.5. The largest absolute Gasteiger partial charge is 0.573 e. The summed E-state index contributed by atoms with van der Waals surface area (Å²) in [6.07, 6.45) is -2.59. The van der Waals surface area contributed by atoms with Crippen molar-refractivity contribution in [2.24, 2.45) is 5.92 Å². The summed E-state index contributed by atoms with van der Waals surface area (Å²) in [5, 5.41) is 1.06. The van der Waals surface area contributed by atoms with Gasteiger partial charge in [0.1, 0.15) is 5.75 Å². The van der Waals surface area contributed by atoms with Crippen molar-refractivity contribution in [3.63, 3.8) is 0 Å². The molecule has 1 heterocycles. The Morgan fingerprint density at radius 1 is 0.944 bits per heavy atom. The second kappa shape index (κ2) is 9.20. The SMILES string of the molecule is C[C@H]1CCC2(C1)[C@H](c1cccc(OC(F)(F)F)c1)N(c1ccc(Cl)cc1)C(=O)N2c1ccc(Cl)cc1. The van der Waals surface area contributed by atoms with Crippen LogP contribution in [0.5, 0.6) is 5.75 Å².